The molecule has 0 saturated heterocycles. The molecule has 1 amide bonds. The van der Waals surface area contributed by atoms with Crippen molar-refractivity contribution in [1.82, 2.24) is 9.78 Å². The average Bonchev–Trinajstić information content (AvgIpc) is 3.14. The van der Waals surface area contributed by atoms with Crippen LogP contribution in [0.4, 0.5) is 5.82 Å². The molecule has 0 aliphatic rings. The number of esters is 1. The Labute approximate surface area is 164 Å². The van der Waals surface area contributed by atoms with E-state index in [0.29, 0.717) is 5.82 Å². The summed E-state index contributed by atoms with van der Waals surface area (Å²) in [6, 6.07) is 9.67. The van der Waals surface area contributed by atoms with Gasteiger partial charge in [0.25, 0.3) is 5.91 Å². The molecule has 0 radical (unpaired) electrons. The number of rotatable bonds is 8. The van der Waals surface area contributed by atoms with Crippen LogP contribution in [0.25, 0.3) is 6.08 Å². The quantitative estimate of drug-likeness (QED) is 0.418. The van der Waals surface area contributed by atoms with Crippen LogP contribution in [-0.2, 0) is 14.3 Å². The lowest BCUT2D eigenvalue weighted by atomic mass is 10.2. The number of anilines is 1. The van der Waals surface area contributed by atoms with Crippen LogP contribution in [-0.4, -0.2) is 34.0 Å². The van der Waals surface area contributed by atoms with E-state index in [0.717, 1.165) is 16.9 Å². The van der Waals surface area contributed by atoms with E-state index in [1.54, 1.807) is 34.8 Å². The van der Waals surface area contributed by atoms with Crippen LogP contribution < -0.4 is 5.32 Å². The van der Waals surface area contributed by atoms with Crippen LogP contribution in [0.3, 0.4) is 0 Å². The molecule has 1 aromatic carbocycles. The zero-order valence-electron chi connectivity index (χ0n) is 16.0. The summed E-state index contributed by atoms with van der Waals surface area (Å²) < 4.78 is 6.92. The van der Waals surface area contributed by atoms with Gasteiger partial charge in [-0.15, -0.1) is 11.8 Å². The van der Waals surface area contributed by atoms with Crippen LogP contribution in [0.1, 0.15) is 38.8 Å². The third-order valence-electron chi connectivity index (χ3n) is 4.12. The third-order valence-corrected chi connectivity index (χ3v) is 4.86. The molecule has 0 aliphatic carbocycles. The van der Waals surface area contributed by atoms with Crippen molar-refractivity contribution < 1.29 is 14.3 Å². The zero-order valence-corrected chi connectivity index (χ0v) is 16.8. The van der Waals surface area contributed by atoms with Crippen molar-refractivity contribution >= 4 is 35.5 Å². The van der Waals surface area contributed by atoms with Gasteiger partial charge in [0.05, 0.1) is 12.2 Å². The predicted octanol–water partition coefficient (Wildman–Crippen LogP) is 4.16. The number of nitrogens with zero attached hydrogens (tertiary/aromatic N) is 2. The van der Waals surface area contributed by atoms with Crippen molar-refractivity contribution in [2.75, 3.05) is 11.6 Å². The molecular formula is C20H25N3O3S. The highest BCUT2D eigenvalue weighted by molar-refractivity contribution is 7.98. The van der Waals surface area contributed by atoms with Gasteiger partial charge in [-0.05, 0) is 50.3 Å². The van der Waals surface area contributed by atoms with Gasteiger partial charge in [-0.3, -0.25) is 4.79 Å². The van der Waals surface area contributed by atoms with Gasteiger partial charge in [0.1, 0.15) is 5.82 Å². The van der Waals surface area contributed by atoms with Gasteiger partial charge in [0.15, 0.2) is 6.10 Å². The van der Waals surface area contributed by atoms with Crippen molar-refractivity contribution in [2.24, 2.45) is 0 Å². The van der Waals surface area contributed by atoms with Crippen molar-refractivity contribution in [2.45, 2.75) is 44.2 Å². The molecular weight excluding hydrogens is 362 g/mol. The molecule has 0 fully saturated rings. The lowest BCUT2D eigenvalue weighted by Gasteiger charge is -2.16. The number of ether oxygens (including phenoxy) is 1. The molecule has 0 aliphatic heterocycles. The molecule has 2 rings (SSSR count). The summed E-state index contributed by atoms with van der Waals surface area (Å²) in [6.07, 6.45) is 6.59. The van der Waals surface area contributed by atoms with E-state index >= 15 is 0 Å². The SMILES string of the molecule is CC[C@H](C)n1nccc1NC(=O)[C@H](C)OC(=O)/C=C/c1ccc(SC)cc1. The maximum atomic E-state index is 12.3. The van der Waals surface area contributed by atoms with Crippen molar-refractivity contribution in [3.05, 3.63) is 48.2 Å². The fraction of sp³-hybridized carbons (Fsp3) is 0.350. The minimum absolute atomic E-state index is 0.161. The van der Waals surface area contributed by atoms with Gasteiger partial charge in [-0.1, -0.05) is 19.1 Å². The first-order valence-electron chi connectivity index (χ1n) is 8.81. The second kappa shape index (κ2) is 9.97. The minimum Gasteiger partial charge on any atom is -0.449 e. The average molecular weight is 388 g/mol. The number of hydrogen-bond acceptors (Lipinski definition) is 5. The van der Waals surface area contributed by atoms with E-state index in [4.69, 9.17) is 4.74 Å². The van der Waals surface area contributed by atoms with Gasteiger partial charge >= 0.3 is 5.97 Å². The Bertz CT molecular complexity index is 799. The maximum Gasteiger partial charge on any atom is 0.331 e. The molecule has 6 nitrogen and oxygen atoms in total. The van der Waals surface area contributed by atoms with Gasteiger partial charge in [0, 0.05) is 17.0 Å². The lowest BCUT2D eigenvalue weighted by molar-refractivity contribution is -0.148. The molecule has 1 heterocycles. The summed E-state index contributed by atoms with van der Waals surface area (Å²) >= 11 is 1.65. The van der Waals surface area contributed by atoms with Crippen molar-refractivity contribution in [3.8, 4) is 0 Å². The second-order valence-electron chi connectivity index (χ2n) is 6.09. The van der Waals surface area contributed by atoms with Crippen LogP contribution in [0, 0.1) is 0 Å². The fourth-order valence-corrected chi connectivity index (χ4v) is 2.72. The highest BCUT2D eigenvalue weighted by Crippen LogP contribution is 2.17. The molecule has 0 unspecified atom stereocenters. The Kier molecular flexibility index (Phi) is 7.67. The summed E-state index contributed by atoms with van der Waals surface area (Å²) in [5.41, 5.74) is 0.888. The minimum atomic E-state index is -0.915. The Balaban J connectivity index is 1.90. The summed E-state index contributed by atoms with van der Waals surface area (Å²) in [5, 5.41) is 6.97. The van der Waals surface area contributed by atoms with E-state index in [1.165, 1.54) is 13.0 Å². The van der Waals surface area contributed by atoms with Crippen molar-refractivity contribution in [1.29, 1.82) is 0 Å². The largest absolute Gasteiger partial charge is 0.449 e. The number of amides is 1. The van der Waals surface area contributed by atoms with Gasteiger partial charge < -0.3 is 10.1 Å². The number of hydrogen-bond donors (Lipinski definition) is 1. The Morgan fingerprint density at radius 3 is 2.59 bits per heavy atom. The summed E-state index contributed by atoms with van der Waals surface area (Å²) in [4.78, 5) is 25.4. The molecule has 2 atom stereocenters. The van der Waals surface area contributed by atoms with E-state index in [-0.39, 0.29) is 6.04 Å². The summed E-state index contributed by atoms with van der Waals surface area (Å²) in [7, 11) is 0. The van der Waals surface area contributed by atoms with E-state index in [1.807, 2.05) is 44.4 Å². The topological polar surface area (TPSA) is 73.2 Å². The molecule has 2 aromatic rings. The first-order valence-corrected chi connectivity index (χ1v) is 10.0. The van der Waals surface area contributed by atoms with E-state index in [9.17, 15) is 9.59 Å². The van der Waals surface area contributed by atoms with Gasteiger partial charge in [-0.25, -0.2) is 9.48 Å². The monoisotopic (exact) mass is 387 g/mol. The lowest BCUT2D eigenvalue weighted by Crippen LogP contribution is -2.30. The summed E-state index contributed by atoms with van der Waals surface area (Å²) in [6.45, 7) is 5.60. The molecule has 27 heavy (non-hydrogen) atoms. The van der Waals surface area contributed by atoms with Crippen LogP contribution >= 0.6 is 11.8 Å². The standard InChI is InChI=1S/C20H25N3O3S/c1-5-14(2)23-18(12-13-21-23)22-20(25)15(3)26-19(24)11-8-16-6-9-17(27-4)10-7-16/h6-15H,5H2,1-4H3,(H,22,25)/b11-8+/t14-,15-/m0/s1. The molecule has 0 saturated carbocycles. The number of thioether (sulfide) groups is 1. The maximum absolute atomic E-state index is 12.3. The van der Waals surface area contributed by atoms with Crippen LogP contribution in [0.2, 0.25) is 0 Å². The summed E-state index contributed by atoms with van der Waals surface area (Å²) in [5.74, 6) is -0.380. The molecule has 0 bridgehead atoms. The van der Waals surface area contributed by atoms with Crippen LogP contribution in [0.5, 0.6) is 0 Å². The van der Waals surface area contributed by atoms with Gasteiger partial charge in [-0.2, -0.15) is 5.10 Å². The smallest absolute Gasteiger partial charge is 0.331 e. The Hall–Kier alpha value is -2.54. The molecule has 144 valence electrons. The molecule has 0 spiro atoms. The predicted molar refractivity (Wildman–Crippen MR) is 109 cm³/mol. The highest BCUT2D eigenvalue weighted by Gasteiger charge is 2.19. The first-order chi connectivity index (χ1) is 12.9. The number of benzene rings is 1. The first kappa shape index (κ1) is 20.8. The second-order valence-corrected chi connectivity index (χ2v) is 6.97. The third kappa shape index (κ3) is 5.99. The van der Waals surface area contributed by atoms with E-state index in [2.05, 4.69) is 10.4 Å². The van der Waals surface area contributed by atoms with Crippen molar-refractivity contribution in [3.63, 3.8) is 0 Å². The highest BCUT2D eigenvalue weighted by atomic mass is 32.2. The van der Waals surface area contributed by atoms with Crippen LogP contribution in [0.15, 0.2) is 47.5 Å². The number of carbonyl (C=O) groups excluding carboxylic acids is 2. The number of carbonyl (C=O) groups is 2. The van der Waals surface area contributed by atoms with E-state index < -0.39 is 18.0 Å². The Morgan fingerprint density at radius 1 is 1.26 bits per heavy atom. The molecule has 1 aromatic heterocycles. The molecule has 1 N–H and O–H groups in total. The fourth-order valence-electron chi connectivity index (χ4n) is 2.31. The molecule has 7 heteroatoms. The number of aromatic nitrogens is 2. The normalized spacial score (nSPS) is 13.3. The zero-order chi connectivity index (χ0) is 19.8. The number of nitrogens with one attached hydrogen (secondary N) is 1. The van der Waals surface area contributed by atoms with Gasteiger partial charge in [0.2, 0.25) is 0 Å². The Morgan fingerprint density at radius 2 is 1.96 bits per heavy atom.